The normalized spacial score (nSPS) is 14.7. The minimum absolute atomic E-state index is 0.698. The van der Waals surface area contributed by atoms with Crippen LogP contribution in [0.25, 0.3) is 11.1 Å². The van der Waals surface area contributed by atoms with Gasteiger partial charge in [0.25, 0.3) is 0 Å². The predicted octanol–water partition coefficient (Wildman–Crippen LogP) is 1.97. The first kappa shape index (κ1) is 6.96. The Morgan fingerprint density at radius 3 is 2.64 bits per heavy atom. The molecule has 1 unspecified atom stereocenters. The summed E-state index contributed by atoms with van der Waals surface area (Å²) in [6.07, 6.45) is 1.21. The highest BCUT2D eigenvalue weighted by molar-refractivity contribution is 6.39. The van der Waals surface area contributed by atoms with Crippen LogP contribution in [0, 0.1) is 0 Å². The molecule has 0 nitrogen and oxygen atoms in total. The van der Waals surface area contributed by atoms with Gasteiger partial charge >= 0.3 is 0 Å². The zero-order valence-electron chi connectivity index (χ0n) is 7.02. The minimum atomic E-state index is 0.698. The molecule has 0 aromatic carbocycles. The van der Waals surface area contributed by atoms with E-state index < -0.39 is 0 Å². The third-order valence-electron chi connectivity index (χ3n) is 2.59. The van der Waals surface area contributed by atoms with Gasteiger partial charge in [-0.1, -0.05) is 31.4 Å². The van der Waals surface area contributed by atoms with Gasteiger partial charge in [0.2, 0.25) is 0 Å². The lowest BCUT2D eigenvalue weighted by Crippen LogP contribution is -1.96. The molecule has 2 aliphatic carbocycles. The number of hydrogen-bond donors (Lipinski definition) is 0. The first-order valence-electron chi connectivity index (χ1n) is 4.18. The third kappa shape index (κ3) is 0.836. The molecule has 0 aromatic rings. The molecule has 0 spiro atoms. The standard InChI is InChI=1S/C10H11B/c1-3-6(2)9-7-4-5-8(11)10(7)9/h4-6H,3H2,1-2H3. The third-order valence-corrected chi connectivity index (χ3v) is 2.59. The average molecular weight is 142 g/mol. The second kappa shape index (κ2) is 2.13. The van der Waals surface area contributed by atoms with E-state index in [0.29, 0.717) is 5.92 Å². The maximum absolute atomic E-state index is 5.75. The van der Waals surface area contributed by atoms with Gasteiger partial charge in [-0.15, -0.1) is 0 Å². The van der Waals surface area contributed by atoms with Gasteiger partial charge in [0.05, 0.1) is 0 Å². The first-order valence-corrected chi connectivity index (χ1v) is 4.18. The first-order chi connectivity index (χ1) is 5.25. The van der Waals surface area contributed by atoms with Crippen molar-refractivity contribution in [1.29, 1.82) is 0 Å². The van der Waals surface area contributed by atoms with Crippen LogP contribution in [0.5, 0.6) is 0 Å². The van der Waals surface area contributed by atoms with E-state index >= 15 is 0 Å². The van der Waals surface area contributed by atoms with Crippen molar-refractivity contribution < 1.29 is 0 Å². The maximum atomic E-state index is 5.75. The van der Waals surface area contributed by atoms with E-state index in [1.54, 1.807) is 0 Å². The molecule has 1 atom stereocenters. The number of hydrogen-bond acceptors (Lipinski definition) is 0. The van der Waals surface area contributed by atoms with Crippen LogP contribution in [-0.4, -0.2) is 7.85 Å². The largest absolute Gasteiger partial charge is 0.114 e. The second-order valence-electron chi connectivity index (χ2n) is 3.30. The van der Waals surface area contributed by atoms with Crippen molar-refractivity contribution in [2.75, 3.05) is 0 Å². The molecule has 0 aromatic heterocycles. The highest BCUT2D eigenvalue weighted by atomic mass is 14.3. The molecular formula is C10H11B. The molecule has 0 bridgehead atoms. The van der Waals surface area contributed by atoms with E-state index in [1.807, 2.05) is 6.07 Å². The fourth-order valence-electron chi connectivity index (χ4n) is 1.67. The Balaban J connectivity index is 2.33. The van der Waals surface area contributed by atoms with E-state index in [4.69, 9.17) is 7.85 Å². The zero-order valence-corrected chi connectivity index (χ0v) is 7.02. The summed E-state index contributed by atoms with van der Waals surface area (Å²) in [5.74, 6) is 0.698. The van der Waals surface area contributed by atoms with Crippen LogP contribution in [0.2, 0.25) is 0 Å². The average Bonchev–Trinajstić information content (AvgIpc) is 2.63. The van der Waals surface area contributed by atoms with Gasteiger partial charge in [-0.3, -0.25) is 0 Å². The highest BCUT2D eigenvalue weighted by Gasteiger charge is 2.28. The molecule has 0 fully saturated rings. The summed E-state index contributed by atoms with van der Waals surface area (Å²) in [4.78, 5) is 0. The lowest BCUT2D eigenvalue weighted by atomic mass is 9.96. The molecule has 2 radical (unpaired) electrons. The maximum Gasteiger partial charge on any atom is 0.114 e. The van der Waals surface area contributed by atoms with Gasteiger partial charge in [-0.25, -0.2) is 0 Å². The highest BCUT2D eigenvalue weighted by Crippen LogP contribution is 2.46. The Morgan fingerprint density at radius 1 is 1.45 bits per heavy atom. The lowest BCUT2D eigenvalue weighted by molar-refractivity contribution is 0.752. The molecule has 0 saturated carbocycles. The molecule has 11 heavy (non-hydrogen) atoms. The molecule has 2 rings (SSSR count). The number of fused-ring (bicyclic) bond motifs is 1. The summed E-state index contributed by atoms with van der Waals surface area (Å²) < 4.78 is 0. The quantitative estimate of drug-likeness (QED) is 0.562. The van der Waals surface area contributed by atoms with Crippen molar-refractivity contribution in [2.45, 2.75) is 26.2 Å². The van der Waals surface area contributed by atoms with Crippen molar-refractivity contribution in [2.24, 2.45) is 0 Å². The van der Waals surface area contributed by atoms with Crippen molar-refractivity contribution in [3.63, 3.8) is 0 Å². The van der Waals surface area contributed by atoms with E-state index in [9.17, 15) is 0 Å². The van der Waals surface area contributed by atoms with Gasteiger partial charge in [-0.2, -0.15) is 0 Å². The van der Waals surface area contributed by atoms with Crippen LogP contribution >= 0.6 is 0 Å². The van der Waals surface area contributed by atoms with Gasteiger partial charge in [-0.05, 0) is 29.0 Å². The molecule has 2 aliphatic rings. The summed E-state index contributed by atoms with van der Waals surface area (Å²) in [7, 11) is 5.75. The van der Waals surface area contributed by atoms with Crippen molar-refractivity contribution in [3.8, 4) is 11.1 Å². The Labute approximate surface area is 69.0 Å². The predicted molar refractivity (Wildman–Crippen MR) is 49.5 cm³/mol. The minimum Gasteiger partial charge on any atom is -0.0886 e. The molecule has 0 saturated heterocycles. The van der Waals surface area contributed by atoms with Crippen molar-refractivity contribution >= 4 is 13.3 Å². The molecule has 0 N–H and O–H groups in total. The monoisotopic (exact) mass is 142 g/mol. The van der Waals surface area contributed by atoms with Crippen molar-refractivity contribution in [3.05, 3.63) is 17.7 Å². The van der Waals surface area contributed by atoms with Crippen LogP contribution in [0.4, 0.5) is 0 Å². The Bertz CT molecular complexity index is 302. The van der Waals surface area contributed by atoms with E-state index in [0.717, 1.165) is 5.46 Å². The SMILES string of the molecule is [B]c1ccc2c(C(C)CC)c1-2. The van der Waals surface area contributed by atoms with E-state index in [2.05, 4.69) is 19.9 Å². The molecular weight excluding hydrogens is 131 g/mol. The van der Waals surface area contributed by atoms with Gasteiger partial charge in [0, 0.05) is 0 Å². The van der Waals surface area contributed by atoms with Crippen LogP contribution < -0.4 is 5.46 Å². The summed E-state index contributed by atoms with van der Waals surface area (Å²) in [6.45, 7) is 4.47. The smallest absolute Gasteiger partial charge is 0.0886 e. The second-order valence-corrected chi connectivity index (χ2v) is 3.30. The van der Waals surface area contributed by atoms with Crippen molar-refractivity contribution in [1.82, 2.24) is 0 Å². The van der Waals surface area contributed by atoms with Gasteiger partial charge < -0.3 is 0 Å². The summed E-state index contributed by atoms with van der Waals surface area (Å²) in [5, 5.41) is 0. The fourth-order valence-corrected chi connectivity index (χ4v) is 1.67. The summed E-state index contributed by atoms with van der Waals surface area (Å²) >= 11 is 0. The number of rotatable bonds is 2. The summed E-state index contributed by atoms with van der Waals surface area (Å²) in [6, 6.07) is 4.13. The molecule has 0 aliphatic heterocycles. The number of benzene rings is 1. The van der Waals surface area contributed by atoms with Crippen LogP contribution in [0.1, 0.15) is 31.7 Å². The Morgan fingerprint density at radius 2 is 2.18 bits per heavy atom. The van der Waals surface area contributed by atoms with Gasteiger partial charge in [0.1, 0.15) is 7.85 Å². The molecule has 1 heteroatoms. The lowest BCUT2D eigenvalue weighted by Gasteiger charge is -1.98. The van der Waals surface area contributed by atoms with Crippen LogP contribution in [0.3, 0.4) is 0 Å². The van der Waals surface area contributed by atoms with E-state index in [-0.39, 0.29) is 0 Å². The van der Waals surface area contributed by atoms with Gasteiger partial charge in [0.15, 0.2) is 0 Å². The molecule has 54 valence electrons. The van der Waals surface area contributed by atoms with Crippen LogP contribution in [0.15, 0.2) is 12.1 Å². The fraction of sp³-hybridized carbons (Fsp3) is 0.400. The molecule has 0 heterocycles. The summed E-state index contributed by atoms with van der Waals surface area (Å²) in [5.41, 5.74) is 5.24. The Kier molecular flexibility index (Phi) is 1.35. The zero-order chi connectivity index (χ0) is 8.01. The van der Waals surface area contributed by atoms with Crippen LogP contribution in [-0.2, 0) is 0 Å². The Hall–Kier alpha value is -0.715. The van der Waals surface area contributed by atoms with E-state index in [1.165, 1.54) is 23.1 Å². The topological polar surface area (TPSA) is 0 Å². The molecule has 0 amide bonds.